The number of hydrogen-bond donors (Lipinski definition) is 3. The van der Waals surface area contributed by atoms with Crippen LogP contribution in [0.15, 0.2) is 91.1 Å². The van der Waals surface area contributed by atoms with Crippen molar-refractivity contribution in [3.63, 3.8) is 0 Å². The van der Waals surface area contributed by atoms with Crippen molar-refractivity contribution in [2.45, 2.75) is 31.9 Å². The van der Waals surface area contributed by atoms with Crippen LogP contribution in [-0.4, -0.2) is 29.6 Å². The molecule has 4 rings (SSSR count). The van der Waals surface area contributed by atoms with Crippen LogP contribution in [0.4, 0.5) is 4.79 Å². The molecule has 2 atom stereocenters. The second kappa shape index (κ2) is 11.2. The van der Waals surface area contributed by atoms with Crippen LogP contribution < -0.4 is 10.6 Å². The molecule has 3 N–H and O–H groups in total. The third-order valence-corrected chi connectivity index (χ3v) is 5.87. The van der Waals surface area contributed by atoms with E-state index in [2.05, 4.69) is 22.5 Å². The lowest BCUT2D eigenvalue weighted by Crippen LogP contribution is -2.48. The van der Waals surface area contributed by atoms with Crippen molar-refractivity contribution >= 4 is 22.9 Å². The SMILES string of the molecule is C[C@@H](CNC(=O)[C@H](Cc1c[nH]c2ccccc12)NC(=O)OCc1ccccc1)c1ccccc1. The summed E-state index contributed by atoms with van der Waals surface area (Å²) in [6.45, 7) is 2.67. The lowest BCUT2D eigenvalue weighted by atomic mass is 10.0. The molecular formula is C28H29N3O3. The van der Waals surface area contributed by atoms with Gasteiger partial charge < -0.3 is 20.4 Å². The molecule has 0 aliphatic rings. The first-order chi connectivity index (χ1) is 16.6. The maximum Gasteiger partial charge on any atom is 0.408 e. The van der Waals surface area contributed by atoms with E-state index in [-0.39, 0.29) is 18.4 Å². The molecule has 2 amide bonds. The molecule has 0 saturated carbocycles. The number of benzene rings is 3. The monoisotopic (exact) mass is 455 g/mol. The molecule has 1 aromatic heterocycles. The van der Waals surface area contributed by atoms with Gasteiger partial charge in [-0.3, -0.25) is 4.79 Å². The average molecular weight is 456 g/mol. The Hall–Kier alpha value is -4.06. The largest absolute Gasteiger partial charge is 0.445 e. The number of para-hydroxylation sites is 1. The number of aromatic amines is 1. The van der Waals surface area contributed by atoms with Gasteiger partial charge in [0.05, 0.1) is 0 Å². The first kappa shape index (κ1) is 23.1. The molecule has 0 aliphatic carbocycles. The topological polar surface area (TPSA) is 83.2 Å². The number of carbonyl (C=O) groups excluding carboxylic acids is 2. The Kier molecular flexibility index (Phi) is 7.60. The number of amides is 2. The summed E-state index contributed by atoms with van der Waals surface area (Å²) in [6, 6.07) is 26.6. The fourth-order valence-electron chi connectivity index (χ4n) is 3.91. The van der Waals surface area contributed by atoms with Gasteiger partial charge in [-0.05, 0) is 28.7 Å². The predicted molar refractivity (Wildman–Crippen MR) is 133 cm³/mol. The Labute approximate surface area is 199 Å². The number of nitrogens with one attached hydrogen (secondary N) is 3. The van der Waals surface area contributed by atoms with Crippen molar-refractivity contribution in [3.8, 4) is 0 Å². The maximum atomic E-state index is 13.2. The molecule has 34 heavy (non-hydrogen) atoms. The van der Waals surface area contributed by atoms with Crippen LogP contribution in [0.5, 0.6) is 0 Å². The number of ether oxygens (including phenoxy) is 1. The average Bonchev–Trinajstić information content (AvgIpc) is 3.29. The van der Waals surface area contributed by atoms with Crippen LogP contribution in [0.3, 0.4) is 0 Å². The van der Waals surface area contributed by atoms with E-state index in [0.717, 1.165) is 27.6 Å². The molecule has 0 aliphatic heterocycles. The first-order valence-electron chi connectivity index (χ1n) is 11.4. The van der Waals surface area contributed by atoms with Gasteiger partial charge in [0.2, 0.25) is 5.91 Å². The zero-order valence-corrected chi connectivity index (χ0v) is 19.2. The van der Waals surface area contributed by atoms with Gasteiger partial charge in [-0.15, -0.1) is 0 Å². The van der Waals surface area contributed by atoms with Crippen molar-refractivity contribution in [1.29, 1.82) is 0 Å². The summed E-state index contributed by atoms with van der Waals surface area (Å²) >= 11 is 0. The van der Waals surface area contributed by atoms with Crippen LogP contribution in [0.1, 0.15) is 29.5 Å². The van der Waals surface area contributed by atoms with Crippen molar-refractivity contribution in [2.24, 2.45) is 0 Å². The Morgan fingerprint density at radius 2 is 1.59 bits per heavy atom. The van der Waals surface area contributed by atoms with E-state index in [1.165, 1.54) is 0 Å². The molecule has 0 spiro atoms. The van der Waals surface area contributed by atoms with Crippen molar-refractivity contribution in [3.05, 3.63) is 108 Å². The van der Waals surface area contributed by atoms with Crippen LogP contribution in [0, 0.1) is 0 Å². The molecule has 0 radical (unpaired) electrons. The quantitative estimate of drug-likeness (QED) is 0.335. The van der Waals surface area contributed by atoms with E-state index in [1.807, 2.05) is 91.1 Å². The van der Waals surface area contributed by atoms with Crippen molar-refractivity contribution in [1.82, 2.24) is 15.6 Å². The number of rotatable bonds is 9. The highest BCUT2D eigenvalue weighted by Crippen LogP contribution is 2.19. The van der Waals surface area contributed by atoms with E-state index in [0.29, 0.717) is 13.0 Å². The molecule has 3 aromatic carbocycles. The fourth-order valence-corrected chi connectivity index (χ4v) is 3.91. The fraction of sp³-hybridized carbons (Fsp3) is 0.214. The number of carbonyl (C=O) groups is 2. The minimum absolute atomic E-state index is 0.138. The highest BCUT2D eigenvalue weighted by Gasteiger charge is 2.24. The summed E-state index contributed by atoms with van der Waals surface area (Å²) in [5, 5.41) is 6.79. The van der Waals surface area contributed by atoms with Crippen LogP contribution in [0.25, 0.3) is 10.9 Å². The number of H-pyrrole nitrogens is 1. The van der Waals surface area contributed by atoms with E-state index in [9.17, 15) is 9.59 Å². The van der Waals surface area contributed by atoms with Gasteiger partial charge in [-0.1, -0.05) is 85.8 Å². The molecule has 0 unspecified atom stereocenters. The molecular weight excluding hydrogens is 426 g/mol. The number of aromatic nitrogens is 1. The van der Waals surface area contributed by atoms with Gasteiger partial charge in [0.1, 0.15) is 12.6 Å². The second-order valence-electron chi connectivity index (χ2n) is 8.38. The molecule has 1 heterocycles. The summed E-state index contributed by atoms with van der Waals surface area (Å²) in [7, 11) is 0. The maximum absolute atomic E-state index is 13.2. The van der Waals surface area contributed by atoms with Crippen LogP contribution >= 0.6 is 0 Å². The summed E-state index contributed by atoms with van der Waals surface area (Å²) < 4.78 is 5.37. The first-order valence-corrected chi connectivity index (χ1v) is 11.4. The van der Waals surface area contributed by atoms with E-state index < -0.39 is 12.1 Å². The highest BCUT2D eigenvalue weighted by molar-refractivity contribution is 5.88. The van der Waals surface area contributed by atoms with Gasteiger partial charge in [0.15, 0.2) is 0 Å². The smallest absolute Gasteiger partial charge is 0.408 e. The minimum atomic E-state index is -0.773. The van der Waals surface area contributed by atoms with Gasteiger partial charge >= 0.3 is 6.09 Å². The van der Waals surface area contributed by atoms with Crippen molar-refractivity contribution < 1.29 is 14.3 Å². The molecule has 6 heteroatoms. The summed E-state index contributed by atoms with van der Waals surface area (Å²) in [6.07, 6.45) is 1.60. The molecule has 174 valence electrons. The van der Waals surface area contributed by atoms with Gasteiger partial charge in [-0.2, -0.15) is 0 Å². The van der Waals surface area contributed by atoms with Gasteiger partial charge in [-0.25, -0.2) is 4.79 Å². The molecule has 0 bridgehead atoms. The number of hydrogen-bond acceptors (Lipinski definition) is 3. The zero-order valence-electron chi connectivity index (χ0n) is 19.2. The summed E-state index contributed by atoms with van der Waals surface area (Å²) in [5.41, 5.74) is 3.97. The van der Waals surface area contributed by atoms with E-state index in [4.69, 9.17) is 4.74 Å². The van der Waals surface area contributed by atoms with Gasteiger partial charge in [0, 0.05) is 30.1 Å². The molecule has 4 aromatic rings. The normalized spacial score (nSPS) is 12.6. The minimum Gasteiger partial charge on any atom is -0.445 e. The molecule has 0 fully saturated rings. The molecule has 0 saturated heterocycles. The summed E-state index contributed by atoms with van der Waals surface area (Å²) in [4.78, 5) is 28.9. The van der Waals surface area contributed by atoms with Crippen LogP contribution in [-0.2, 0) is 22.6 Å². The zero-order chi connectivity index (χ0) is 23.8. The third kappa shape index (κ3) is 6.04. The second-order valence-corrected chi connectivity index (χ2v) is 8.38. The Bertz CT molecular complexity index is 1220. The van der Waals surface area contributed by atoms with E-state index in [1.54, 1.807) is 0 Å². The number of alkyl carbamates (subject to hydrolysis) is 1. The number of fused-ring (bicyclic) bond motifs is 1. The van der Waals surface area contributed by atoms with E-state index >= 15 is 0 Å². The third-order valence-electron chi connectivity index (χ3n) is 5.87. The molecule has 6 nitrogen and oxygen atoms in total. The lowest BCUT2D eigenvalue weighted by Gasteiger charge is -2.20. The highest BCUT2D eigenvalue weighted by atomic mass is 16.5. The van der Waals surface area contributed by atoms with Crippen LogP contribution in [0.2, 0.25) is 0 Å². The Morgan fingerprint density at radius 3 is 2.35 bits per heavy atom. The van der Waals surface area contributed by atoms with Crippen molar-refractivity contribution in [2.75, 3.05) is 6.54 Å². The lowest BCUT2D eigenvalue weighted by molar-refractivity contribution is -0.123. The standard InChI is InChI=1S/C28H29N3O3/c1-20(22-12-6-3-7-13-22)17-30-27(32)26(16-23-18-29-25-15-9-8-14-24(23)25)31-28(33)34-19-21-10-4-2-5-11-21/h2-15,18,20,26,29H,16-17,19H2,1H3,(H,30,32)(H,31,33)/t20-,26-/m0/s1. The Morgan fingerprint density at radius 1 is 0.912 bits per heavy atom. The van der Waals surface area contributed by atoms with Gasteiger partial charge in [0.25, 0.3) is 0 Å². The summed E-state index contributed by atoms with van der Waals surface area (Å²) in [5.74, 6) is -0.103. The Balaban J connectivity index is 1.43. The predicted octanol–water partition coefficient (Wildman–Crippen LogP) is 4.93.